The Kier molecular flexibility index (Phi) is 4.82. The van der Waals surface area contributed by atoms with E-state index in [1.165, 1.54) is 0 Å². The Hall–Kier alpha value is -0.830. The predicted molar refractivity (Wildman–Crippen MR) is 63.7 cm³/mol. The normalized spacial score (nSPS) is 11.5. The predicted octanol–water partition coefficient (Wildman–Crippen LogP) is 2.44. The average Bonchev–Trinajstić information content (AvgIpc) is 2.25. The number of hydrogen-bond donors (Lipinski definition) is 0. The molecule has 1 aromatic rings. The van der Waals surface area contributed by atoms with Gasteiger partial charge in [-0.15, -0.1) is 0 Å². The van der Waals surface area contributed by atoms with E-state index in [9.17, 15) is 8.42 Å². The van der Waals surface area contributed by atoms with Crippen molar-refractivity contribution in [3.8, 4) is 0 Å². The molecule has 0 aromatic heterocycles. The number of benzene rings is 1. The maximum Gasteiger partial charge on any atom is 0.150 e. The van der Waals surface area contributed by atoms with Gasteiger partial charge < -0.3 is 0 Å². The monoisotopic (exact) mass is 226 g/mol. The van der Waals surface area contributed by atoms with Gasteiger partial charge in [0.1, 0.15) is 0 Å². The molecule has 0 fully saturated rings. The first kappa shape index (κ1) is 12.2. The minimum Gasteiger partial charge on any atom is -0.229 e. The van der Waals surface area contributed by atoms with Crippen LogP contribution in [0.5, 0.6) is 0 Å². The van der Waals surface area contributed by atoms with Gasteiger partial charge in [-0.1, -0.05) is 43.7 Å². The topological polar surface area (TPSA) is 34.1 Å². The van der Waals surface area contributed by atoms with E-state index in [-0.39, 0.29) is 5.75 Å². The molecule has 0 N–H and O–H groups in total. The Morgan fingerprint density at radius 1 is 1.07 bits per heavy atom. The molecule has 1 aromatic carbocycles. The van der Waals surface area contributed by atoms with Crippen molar-refractivity contribution in [2.45, 2.75) is 26.2 Å². The number of rotatable bonds is 6. The second-order valence-electron chi connectivity index (χ2n) is 3.74. The third-order valence-corrected chi connectivity index (χ3v) is 4.09. The van der Waals surface area contributed by atoms with E-state index in [1.807, 2.05) is 37.3 Å². The van der Waals surface area contributed by atoms with Crippen molar-refractivity contribution in [2.24, 2.45) is 0 Å². The number of sulfone groups is 1. The zero-order chi connectivity index (χ0) is 11.1. The maximum atomic E-state index is 11.6. The fourth-order valence-corrected chi connectivity index (χ4v) is 2.86. The summed E-state index contributed by atoms with van der Waals surface area (Å²) >= 11 is 0. The fraction of sp³-hybridized carbons (Fsp3) is 0.500. The van der Waals surface area contributed by atoms with Crippen LogP contribution in [0.1, 0.15) is 25.3 Å². The van der Waals surface area contributed by atoms with E-state index < -0.39 is 9.84 Å². The number of unbranched alkanes of at least 4 members (excludes halogenated alkanes) is 1. The first-order valence-electron chi connectivity index (χ1n) is 5.38. The first-order chi connectivity index (χ1) is 7.14. The Morgan fingerprint density at radius 2 is 1.73 bits per heavy atom. The Morgan fingerprint density at radius 3 is 2.33 bits per heavy atom. The number of hydrogen-bond acceptors (Lipinski definition) is 2. The summed E-state index contributed by atoms with van der Waals surface area (Å²) in [5.74, 6) is 0.605. The highest BCUT2D eigenvalue weighted by atomic mass is 32.2. The Labute approximate surface area is 92.2 Å². The van der Waals surface area contributed by atoms with Gasteiger partial charge in [0.2, 0.25) is 0 Å². The van der Waals surface area contributed by atoms with Gasteiger partial charge in [-0.2, -0.15) is 0 Å². The lowest BCUT2D eigenvalue weighted by molar-refractivity contribution is 0.592. The second kappa shape index (κ2) is 5.91. The summed E-state index contributed by atoms with van der Waals surface area (Å²) < 4.78 is 23.1. The van der Waals surface area contributed by atoms with Gasteiger partial charge in [0.05, 0.1) is 11.5 Å². The van der Waals surface area contributed by atoms with E-state index in [1.54, 1.807) is 0 Å². The molecule has 0 aliphatic rings. The minimum absolute atomic E-state index is 0.275. The second-order valence-corrected chi connectivity index (χ2v) is 6.04. The largest absolute Gasteiger partial charge is 0.229 e. The SMILES string of the molecule is CCCCS(=O)(=O)CCc1ccccc1. The molecule has 2 nitrogen and oxygen atoms in total. The van der Waals surface area contributed by atoms with Crippen molar-refractivity contribution in [1.29, 1.82) is 0 Å². The molecule has 84 valence electrons. The molecule has 0 aliphatic heterocycles. The summed E-state index contributed by atoms with van der Waals surface area (Å²) in [5.41, 5.74) is 1.09. The van der Waals surface area contributed by atoms with Crippen molar-refractivity contribution in [2.75, 3.05) is 11.5 Å². The molecule has 0 unspecified atom stereocenters. The van der Waals surface area contributed by atoms with Crippen LogP contribution in [0.25, 0.3) is 0 Å². The zero-order valence-electron chi connectivity index (χ0n) is 9.15. The van der Waals surface area contributed by atoms with Crippen LogP contribution < -0.4 is 0 Å². The fourth-order valence-electron chi connectivity index (χ4n) is 1.38. The van der Waals surface area contributed by atoms with Crippen molar-refractivity contribution >= 4 is 9.84 Å². The van der Waals surface area contributed by atoms with Crippen molar-refractivity contribution in [3.05, 3.63) is 35.9 Å². The molecular weight excluding hydrogens is 208 g/mol. The molecule has 0 saturated carbocycles. The highest BCUT2D eigenvalue weighted by molar-refractivity contribution is 7.91. The van der Waals surface area contributed by atoms with Crippen LogP contribution in [0.15, 0.2) is 30.3 Å². The van der Waals surface area contributed by atoms with Crippen LogP contribution in [0.4, 0.5) is 0 Å². The van der Waals surface area contributed by atoms with Crippen LogP contribution in [0.3, 0.4) is 0 Å². The van der Waals surface area contributed by atoms with Crippen molar-refractivity contribution < 1.29 is 8.42 Å². The molecule has 3 heteroatoms. The van der Waals surface area contributed by atoms with Crippen LogP contribution in [0, 0.1) is 0 Å². The van der Waals surface area contributed by atoms with Crippen molar-refractivity contribution in [3.63, 3.8) is 0 Å². The van der Waals surface area contributed by atoms with Gasteiger partial charge in [0.15, 0.2) is 9.84 Å². The standard InChI is InChI=1S/C12H18O2S/c1-2-3-10-15(13,14)11-9-12-7-5-4-6-8-12/h4-8H,2-3,9-11H2,1H3. The summed E-state index contributed by atoms with van der Waals surface area (Å²) in [4.78, 5) is 0. The van der Waals surface area contributed by atoms with E-state index in [0.717, 1.165) is 18.4 Å². The zero-order valence-corrected chi connectivity index (χ0v) is 9.96. The summed E-state index contributed by atoms with van der Waals surface area (Å²) in [6.07, 6.45) is 2.34. The van der Waals surface area contributed by atoms with E-state index in [2.05, 4.69) is 0 Å². The third-order valence-electron chi connectivity index (χ3n) is 2.35. The molecule has 0 bridgehead atoms. The van der Waals surface area contributed by atoms with E-state index in [4.69, 9.17) is 0 Å². The average molecular weight is 226 g/mol. The smallest absolute Gasteiger partial charge is 0.150 e. The molecular formula is C12H18O2S. The lowest BCUT2D eigenvalue weighted by atomic mass is 10.2. The Balaban J connectivity index is 2.43. The van der Waals surface area contributed by atoms with Crippen LogP contribution in [-0.4, -0.2) is 19.9 Å². The quantitative estimate of drug-likeness (QED) is 0.746. The van der Waals surface area contributed by atoms with Crippen LogP contribution in [-0.2, 0) is 16.3 Å². The molecule has 0 heterocycles. The summed E-state index contributed by atoms with van der Waals surface area (Å²) in [6.45, 7) is 2.01. The first-order valence-corrected chi connectivity index (χ1v) is 7.20. The molecule has 0 saturated heterocycles. The van der Waals surface area contributed by atoms with Gasteiger partial charge in [-0.05, 0) is 18.4 Å². The highest BCUT2D eigenvalue weighted by Gasteiger charge is 2.09. The third kappa shape index (κ3) is 4.98. The summed E-state index contributed by atoms with van der Waals surface area (Å²) in [6, 6.07) is 9.75. The minimum atomic E-state index is -2.84. The van der Waals surface area contributed by atoms with Gasteiger partial charge in [-0.25, -0.2) is 8.42 Å². The van der Waals surface area contributed by atoms with E-state index >= 15 is 0 Å². The molecule has 0 amide bonds. The van der Waals surface area contributed by atoms with Gasteiger partial charge in [0.25, 0.3) is 0 Å². The van der Waals surface area contributed by atoms with Gasteiger partial charge in [0, 0.05) is 0 Å². The molecule has 0 aliphatic carbocycles. The molecule has 0 atom stereocenters. The molecule has 1 rings (SSSR count). The van der Waals surface area contributed by atoms with Crippen LogP contribution >= 0.6 is 0 Å². The Bertz CT molecular complexity index is 368. The number of aryl methyl sites for hydroxylation is 1. The highest BCUT2D eigenvalue weighted by Crippen LogP contribution is 2.04. The molecule has 15 heavy (non-hydrogen) atoms. The van der Waals surface area contributed by atoms with Crippen LogP contribution in [0.2, 0.25) is 0 Å². The van der Waals surface area contributed by atoms with E-state index in [0.29, 0.717) is 12.2 Å². The lowest BCUT2D eigenvalue weighted by Crippen LogP contribution is -2.12. The maximum absolute atomic E-state index is 11.6. The van der Waals surface area contributed by atoms with Gasteiger partial charge >= 0.3 is 0 Å². The molecule has 0 spiro atoms. The lowest BCUT2D eigenvalue weighted by Gasteiger charge is -2.03. The summed E-state index contributed by atoms with van der Waals surface area (Å²) in [7, 11) is -2.84. The molecule has 0 radical (unpaired) electrons. The van der Waals surface area contributed by atoms with Gasteiger partial charge in [-0.3, -0.25) is 0 Å². The van der Waals surface area contributed by atoms with Crippen molar-refractivity contribution in [1.82, 2.24) is 0 Å². The summed E-state index contributed by atoms with van der Waals surface area (Å²) in [5, 5.41) is 0.